The molecule has 29 heavy (non-hydrogen) atoms. The van der Waals surface area contributed by atoms with Crippen molar-refractivity contribution in [2.45, 2.75) is 25.5 Å². The predicted molar refractivity (Wildman–Crippen MR) is 115 cm³/mol. The van der Waals surface area contributed by atoms with E-state index >= 15 is 0 Å². The van der Waals surface area contributed by atoms with E-state index < -0.39 is 0 Å². The SMILES string of the molecule is COc1ccccc1CNc1nc(NCC2CCCO2)cc(-c2ccccc2)n1. The summed E-state index contributed by atoms with van der Waals surface area (Å²) in [5, 5.41) is 6.76. The number of methoxy groups -OCH3 is 1. The molecule has 3 aromatic rings. The number of ether oxygens (including phenoxy) is 2. The number of aromatic nitrogens is 2. The average Bonchev–Trinajstić information content (AvgIpc) is 3.31. The van der Waals surface area contributed by atoms with Crippen molar-refractivity contribution >= 4 is 11.8 Å². The van der Waals surface area contributed by atoms with Gasteiger partial charge in [-0.1, -0.05) is 48.5 Å². The number of nitrogens with one attached hydrogen (secondary N) is 2. The lowest BCUT2D eigenvalue weighted by molar-refractivity contribution is 0.120. The minimum atomic E-state index is 0.245. The molecule has 0 aliphatic carbocycles. The number of hydrogen-bond acceptors (Lipinski definition) is 6. The Kier molecular flexibility index (Phi) is 6.22. The van der Waals surface area contributed by atoms with E-state index in [1.54, 1.807) is 7.11 Å². The molecule has 0 bridgehead atoms. The lowest BCUT2D eigenvalue weighted by Crippen LogP contribution is -2.19. The molecule has 0 saturated carbocycles. The summed E-state index contributed by atoms with van der Waals surface area (Å²) in [7, 11) is 1.68. The number of anilines is 2. The van der Waals surface area contributed by atoms with Gasteiger partial charge in [0.1, 0.15) is 11.6 Å². The van der Waals surface area contributed by atoms with Gasteiger partial charge in [0, 0.05) is 36.9 Å². The fraction of sp³-hybridized carbons (Fsp3) is 0.304. The normalized spacial score (nSPS) is 15.8. The number of hydrogen-bond donors (Lipinski definition) is 2. The van der Waals surface area contributed by atoms with E-state index in [9.17, 15) is 0 Å². The largest absolute Gasteiger partial charge is 0.496 e. The van der Waals surface area contributed by atoms with Crippen molar-refractivity contribution in [3.63, 3.8) is 0 Å². The molecule has 0 spiro atoms. The molecular formula is C23H26N4O2. The highest BCUT2D eigenvalue weighted by Gasteiger charge is 2.16. The number of nitrogens with zero attached hydrogens (tertiary/aromatic N) is 2. The number of benzene rings is 2. The molecule has 6 heteroatoms. The van der Waals surface area contributed by atoms with Crippen LogP contribution >= 0.6 is 0 Å². The number of rotatable bonds is 8. The van der Waals surface area contributed by atoms with Crippen molar-refractivity contribution in [2.75, 3.05) is 30.9 Å². The van der Waals surface area contributed by atoms with Gasteiger partial charge in [-0.25, -0.2) is 4.98 Å². The van der Waals surface area contributed by atoms with Crippen LogP contribution in [0.5, 0.6) is 5.75 Å². The maximum absolute atomic E-state index is 5.72. The van der Waals surface area contributed by atoms with Gasteiger partial charge in [-0.05, 0) is 18.9 Å². The summed E-state index contributed by atoms with van der Waals surface area (Å²) < 4.78 is 11.2. The van der Waals surface area contributed by atoms with Gasteiger partial charge in [0.05, 0.1) is 18.9 Å². The molecule has 1 unspecified atom stereocenters. The minimum absolute atomic E-state index is 0.245. The monoisotopic (exact) mass is 390 g/mol. The van der Waals surface area contributed by atoms with Gasteiger partial charge in [0.25, 0.3) is 0 Å². The fourth-order valence-electron chi connectivity index (χ4n) is 3.42. The van der Waals surface area contributed by atoms with Gasteiger partial charge in [0.2, 0.25) is 5.95 Å². The van der Waals surface area contributed by atoms with Gasteiger partial charge in [-0.15, -0.1) is 0 Å². The third-order valence-electron chi connectivity index (χ3n) is 4.96. The van der Waals surface area contributed by atoms with Crippen molar-refractivity contribution < 1.29 is 9.47 Å². The second kappa shape index (κ2) is 9.39. The first kappa shape index (κ1) is 19.2. The Bertz CT molecular complexity index is 927. The first-order valence-corrected chi connectivity index (χ1v) is 9.97. The van der Waals surface area contributed by atoms with Crippen molar-refractivity contribution in [1.29, 1.82) is 0 Å². The minimum Gasteiger partial charge on any atom is -0.496 e. The van der Waals surface area contributed by atoms with E-state index in [4.69, 9.17) is 14.5 Å². The molecule has 0 radical (unpaired) electrons. The topological polar surface area (TPSA) is 68.3 Å². The van der Waals surface area contributed by atoms with Crippen molar-refractivity contribution in [3.8, 4) is 17.0 Å². The Labute approximate surface area is 171 Å². The zero-order chi connectivity index (χ0) is 19.9. The van der Waals surface area contributed by atoms with Crippen LogP contribution in [-0.4, -0.2) is 36.3 Å². The Morgan fingerprint density at radius 1 is 1.03 bits per heavy atom. The third kappa shape index (κ3) is 5.03. The highest BCUT2D eigenvalue weighted by molar-refractivity contribution is 5.64. The first-order valence-electron chi connectivity index (χ1n) is 9.97. The number of para-hydroxylation sites is 1. The smallest absolute Gasteiger partial charge is 0.225 e. The molecule has 1 fully saturated rings. The fourth-order valence-corrected chi connectivity index (χ4v) is 3.42. The van der Waals surface area contributed by atoms with Crippen molar-refractivity contribution in [2.24, 2.45) is 0 Å². The molecule has 2 aromatic carbocycles. The predicted octanol–water partition coefficient (Wildman–Crippen LogP) is 4.36. The second-order valence-corrected chi connectivity index (χ2v) is 7.01. The van der Waals surface area contributed by atoms with Gasteiger partial charge in [-0.3, -0.25) is 0 Å². The molecule has 1 saturated heterocycles. The van der Waals surface area contributed by atoms with Crippen LogP contribution in [0, 0.1) is 0 Å². The lowest BCUT2D eigenvalue weighted by Gasteiger charge is -2.14. The van der Waals surface area contributed by atoms with Crippen molar-refractivity contribution in [3.05, 3.63) is 66.2 Å². The van der Waals surface area contributed by atoms with E-state index in [1.165, 1.54) is 0 Å². The van der Waals surface area contributed by atoms with E-state index in [-0.39, 0.29) is 6.10 Å². The lowest BCUT2D eigenvalue weighted by atomic mass is 10.1. The van der Waals surface area contributed by atoms with Crippen LogP contribution in [0.1, 0.15) is 18.4 Å². The van der Waals surface area contributed by atoms with E-state index in [1.807, 2.05) is 48.5 Å². The highest BCUT2D eigenvalue weighted by atomic mass is 16.5. The van der Waals surface area contributed by atoms with E-state index in [2.05, 4.69) is 27.8 Å². The van der Waals surface area contributed by atoms with Gasteiger partial charge < -0.3 is 20.1 Å². The molecule has 6 nitrogen and oxygen atoms in total. The quantitative estimate of drug-likeness (QED) is 0.596. The summed E-state index contributed by atoms with van der Waals surface area (Å²) in [5.41, 5.74) is 2.98. The maximum Gasteiger partial charge on any atom is 0.225 e. The summed E-state index contributed by atoms with van der Waals surface area (Å²) in [6, 6.07) is 20.1. The summed E-state index contributed by atoms with van der Waals surface area (Å²) in [4.78, 5) is 9.38. The van der Waals surface area contributed by atoms with Gasteiger partial charge >= 0.3 is 0 Å². The molecule has 4 rings (SSSR count). The van der Waals surface area contributed by atoms with Gasteiger partial charge in [0.15, 0.2) is 0 Å². The average molecular weight is 390 g/mol. The molecule has 1 aliphatic rings. The molecule has 1 aromatic heterocycles. The summed E-state index contributed by atoms with van der Waals surface area (Å²) in [6.07, 6.45) is 2.45. The molecule has 2 heterocycles. The van der Waals surface area contributed by atoms with Crippen LogP contribution in [0.15, 0.2) is 60.7 Å². The summed E-state index contributed by atoms with van der Waals surface area (Å²) >= 11 is 0. The van der Waals surface area contributed by atoms with Crippen LogP contribution in [0.3, 0.4) is 0 Å². The summed E-state index contributed by atoms with van der Waals surface area (Å²) in [6.45, 7) is 2.17. The zero-order valence-corrected chi connectivity index (χ0v) is 16.6. The van der Waals surface area contributed by atoms with E-state index in [0.717, 1.165) is 54.4 Å². The van der Waals surface area contributed by atoms with Crippen molar-refractivity contribution in [1.82, 2.24) is 9.97 Å². The summed E-state index contributed by atoms with van der Waals surface area (Å²) in [5.74, 6) is 2.21. The Balaban J connectivity index is 1.55. The van der Waals surface area contributed by atoms with Crippen LogP contribution in [0.25, 0.3) is 11.3 Å². The molecular weight excluding hydrogens is 364 g/mol. The third-order valence-corrected chi connectivity index (χ3v) is 4.96. The molecule has 150 valence electrons. The molecule has 2 N–H and O–H groups in total. The first-order chi connectivity index (χ1) is 14.3. The van der Waals surface area contributed by atoms with E-state index in [0.29, 0.717) is 12.5 Å². The van der Waals surface area contributed by atoms with Gasteiger partial charge in [-0.2, -0.15) is 4.98 Å². The van der Waals surface area contributed by atoms with Crippen LogP contribution in [0.4, 0.5) is 11.8 Å². The standard InChI is InChI=1S/C23H26N4O2/c1-28-21-12-6-5-10-18(21)15-25-23-26-20(17-8-3-2-4-9-17)14-22(27-23)24-16-19-11-7-13-29-19/h2-6,8-10,12,14,19H,7,11,13,15-16H2,1H3,(H2,24,25,26,27). The molecule has 1 atom stereocenters. The Morgan fingerprint density at radius 3 is 2.66 bits per heavy atom. The maximum atomic E-state index is 5.72. The highest BCUT2D eigenvalue weighted by Crippen LogP contribution is 2.23. The molecule has 1 aliphatic heterocycles. The Hall–Kier alpha value is -3.12. The van der Waals surface area contributed by atoms with Crippen LogP contribution < -0.4 is 15.4 Å². The molecule has 0 amide bonds. The van der Waals surface area contributed by atoms with Crippen LogP contribution in [-0.2, 0) is 11.3 Å². The zero-order valence-electron chi connectivity index (χ0n) is 16.6. The second-order valence-electron chi connectivity index (χ2n) is 7.01. The van der Waals surface area contributed by atoms with Crippen LogP contribution in [0.2, 0.25) is 0 Å². The Morgan fingerprint density at radius 2 is 1.86 bits per heavy atom.